The normalized spacial score (nSPS) is 10.5. The minimum Gasteiger partial charge on any atom is -0.497 e. The van der Waals surface area contributed by atoms with E-state index in [1.165, 1.54) is 6.08 Å². The number of hydrogen-bond donors (Lipinski definition) is 2. The van der Waals surface area contributed by atoms with Gasteiger partial charge in [0.2, 0.25) is 11.9 Å². The molecule has 0 saturated carbocycles. The van der Waals surface area contributed by atoms with Gasteiger partial charge in [0.15, 0.2) is 0 Å². The van der Waals surface area contributed by atoms with Gasteiger partial charge in [-0.15, -0.1) is 0 Å². The Hall–Kier alpha value is -3.09. The summed E-state index contributed by atoms with van der Waals surface area (Å²) in [5, 5.41) is 5.91. The zero-order valence-corrected chi connectivity index (χ0v) is 14.4. The van der Waals surface area contributed by atoms with Gasteiger partial charge >= 0.3 is 0 Å². The molecule has 25 heavy (non-hydrogen) atoms. The van der Waals surface area contributed by atoms with Crippen LogP contribution in [0.4, 0.5) is 5.95 Å². The smallest absolute Gasteiger partial charge is 0.244 e. The molecule has 132 valence electrons. The first-order valence-corrected chi connectivity index (χ1v) is 7.91. The zero-order valence-electron chi connectivity index (χ0n) is 14.4. The van der Waals surface area contributed by atoms with Crippen molar-refractivity contribution in [3.63, 3.8) is 0 Å². The van der Waals surface area contributed by atoms with E-state index in [2.05, 4.69) is 20.6 Å². The standard InChI is InChI=1S/C18H22N4O3/c1-24-15-6-7-16(25-2)14(13-15)5-8-17(23)19-9-3-10-20-18-21-11-4-12-22-18/h4-8,11-13H,3,9-10H2,1-2H3,(H,19,23)(H,20,21,22). The van der Waals surface area contributed by atoms with Crippen molar-refractivity contribution in [2.45, 2.75) is 6.42 Å². The van der Waals surface area contributed by atoms with Crippen molar-refractivity contribution in [1.82, 2.24) is 15.3 Å². The minimum absolute atomic E-state index is 0.166. The minimum atomic E-state index is -0.166. The number of amides is 1. The molecule has 0 saturated heterocycles. The number of aromatic nitrogens is 2. The first-order chi connectivity index (χ1) is 12.2. The number of carbonyl (C=O) groups excluding carboxylic acids is 1. The van der Waals surface area contributed by atoms with Crippen molar-refractivity contribution in [3.05, 3.63) is 48.3 Å². The average molecular weight is 342 g/mol. The molecule has 0 aliphatic carbocycles. The number of ether oxygens (including phenoxy) is 2. The molecule has 2 N–H and O–H groups in total. The monoisotopic (exact) mass is 342 g/mol. The Labute approximate surface area is 147 Å². The van der Waals surface area contributed by atoms with Crippen molar-refractivity contribution in [1.29, 1.82) is 0 Å². The molecular weight excluding hydrogens is 320 g/mol. The van der Waals surface area contributed by atoms with Gasteiger partial charge < -0.3 is 20.1 Å². The first-order valence-electron chi connectivity index (χ1n) is 7.91. The topological polar surface area (TPSA) is 85.4 Å². The number of carbonyl (C=O) groups is 1. The Kier molecular flexibility index (Phi) is 7.24. The Bertz CT molecular complexity index is 705. The van der Waals surface area contributed by atoms with Crippen LogP contribution in [-0.4, -0.2) is 43.2 Å². The van der Waals surface area contributed by atoms with E-state index >= 15 is 0 Å². The van der Waals surface area contributed by atoms with Crippen molar-refractivity contribution >= 4 is 17.9 Å². The van der Waals surface area contributed by atoms with E-state index in [0.717, 1.165) is 12.0 Å². The van der Waals surface area contributed by atoms with Crippen molar-refractivity contribution < 1.29 is 14.3 Å². The van der Waals surface area contributed by atoms with E-state index in [0.29, 0.717) is 30.5 Å². The van der Waals surface area contributed by atoms with Crippen LogP contribution in [-0.2, 0) is 4.79 Å². The lowest BCUT2D eigenvalue weighted by Crippen LogP contribution is -2.23. The van der Waals surface area contributed by atoms with Gasteiger partial charge in [-0.2, -0.15) is 0 Å². The highest BCUT2D eigenvalue weighted by Gasteiger charge is 2.03. The fourth-order valence-electron chi connectivity index (χ4n) is 2.08. The third kappa shape index (κ3) is 6.14. The molecule has 1 amide bonds. The van der Waals surface area contributed by atoms with E-state index < -0.39 is 0 Å². The molecule has 0 unspecified atom stereocenters. The van der Waals surface area contributed by atoms with Crippen LogP contribution >= 0.6 is 0 Å². The highest BCUT2D eigenvalue weighted by atomic mass is 16.5. The number of nitrogens with one attached hydrogen (secondary N) is 2. The zero-order chi connectivity index (χ0) is 17.9. The van der Waals surface area contributed by atoms with E-state index in [1.54, 1.807) is 50.9 Å². The Morgan fingerprint density at radius 2 is 1.96 bits per heavy atom. The summed E-state index contributed by atoms with van der Waals surface area (Å²) in [6.07, 6.45) is 7.29. The summed E-state index contributed by atoms with van der Waals surface area (Å²) in [6.45, 7) is 1.23. The van der Waals surface area contributed by atoms with Crippen LogP contribution in [0.15, 0.2) is 42.7 Å². The summed E-state index contributed by atoms with van der Waals surface area (Å²) < 4.78 is 10.5. The third-order valence-electron chi connectivity index (χ3n) is 3.35. The lowest BCUT2D eigenvalue weighted by Gasteiger charge is -2.07. The van der Waals surface area contributed by atoms with Crippen LogP contribution in [0.2, 0.25) is 0 Å². The van der Waals surface area contributed by atoms with E-state index in [-0.39, 0.29) is 5.91 Å². The van der Waals surface area contributed by atoms with Gasteiger partial charge in [0.25, 0.3) is 0 Å². The first kappa shape index (κ1) is 18.3. The van der Waals surface area contributed by atoms with Gasteiger partial charge in [0.1, 0.15) is 11.5 Å². The number of benzene rings is 1. The average Bonchev–Trinajstić information content (AvgIpc) is 2.66. The van der Waals surface area contributed by atoms with E-state index in [1.807, 2.05) is 6.07 Å². The molecule has 0 spiro atoms. The summed E-state index contributed by atoms with van der Waals surface area (Å²) in [7, 11) is 3.18. The SMILES string of the molecule is COc1ccc(OC)c(C=CC(=O)NCCCNc2ncccn2)c1. The number of hydrogen-bond acceptors (Lipinski definition) is 6. The summed E-state index contributed by atoms with van der Waals surface area (Å²) in [4.78, 5) is 20.0. The second-order valence-electron chi connectivity index (χ2n) is 5.08. The predicted molar refractivity (Wildman–Crippen MR) is 96.7 cm³/mol. The van der Waals surface area contributed by atoms with Crippen molar-refractivity contribution in [2.24, 2.45) is 0 Å². The van der Waals surface area contributed by atoms with Gasteiger partial charge in [0, 0.05) is 37.1 Å². The largest absolute Gasteiger partial charge is 0.497 e. The maximum absolute atomic E-state index is 11.9. The number of anilines is 1. The maximum atomic E-state index is 11.9. The number of rotatable bonds is 9. The van der Waals surface area contributed by atoms with Gasteiger partial charge in [0.05, 0.1) is 14.2 Å². The van der Waals surface area contributed by atoms with Gasteiger partial charge in [-0.05, 0) is 36.8 Å². The highest BCUT2D eigenvalue weighted by Crippen LogP contribution is 2.24. The fourth-order valence-corrected chi connectivity index (χ4v) is 2.08. The van der Waals surface area contributed by atoms with Gasteiger partial charge in [-0.25, -0.2) is 9.97 Å². The van der Waals surface area contributed by atoms with Crippen molar-refractivity contribution in [3.8, 4) is 11.5 Å². The lowest BCUT2D eigenvalue weighted by atomic mass is 10.1. The molecule has 0 bridgehead atoms. The predicted octanol–water partition coefficient (Wildman–Crippen LogP) is 2.13. The second-order valence-corrected chi connectivity index (χ2v) is 5.08. The highest BCUT2D eigenvalue weighted by molar-refractivity contribution is 5.92. The Balaban J connectivity index is 1.75. The molecule has 0 radical (unpaired) electrons. The second kappa shape index (κ2) is 9.92. The summed E-state index contributed by atoms with van der Waals surface area (Å²) in [5.74, 6) is 1.80. The molecule has 0 atom stereocenters. The van der Waals surface area contributed by atoms with Gasteiger partial charge in [-0.3, -0.25) is 4.79 Å². The Morgan fingerprint density at radius 1 is 1.16 bits per heavy atom. The van der Waals surface area contributed by atoms with E-state index in [4.69, 9.17) is 9.47 Å². The van der Waals surface area contributed by atoms with Crippen LogP contribution in [0.25, 0.3) is 6.08 Å². The van der Waals surface area contributed by atoms with Crippen LogP contribution < -0.4 is 20.1 Å². The molecule has 2 rings (SSSR count). The number of methoxy groups -OCH3 is 2. The van der Waals surface area contributed by atoms with Crippen molar-refractivity contribution in [2.75, 3.05) is 32.6 Å². The summed E-state index contributed by atoms with van der Waals surface area (Å²) >= 11 is 0. The van der Waals surface area contributed by atoms with Gasteiger partial charge in [-0.1, -0.05) is 0 Å². The molecule has 0 fully saturated rings. The molecule has 1 aromatic carbocycles. The molecule has 1 heterocycles. The molecule has 7 heteroatoms. The Morgan fingerprint density at radius 3 is 2.68 bits per heavy atom. The van der Waals surface area contributed by atoms with Crippen LogP contribution in [0, 0.1) is 0 Å². The molecule has 2 aromatic rings. The molecule has 0 aliphatic heterocycles. The lowest BCUT2D eigenvalue weighted by molar-refractivity contribution is -0.116. The third-order valence-corrected chi connectivity index (χ3v) is 3.35. The quantitative estimate of drug-likeness (QED) is 0.536. The molecule has 7 nitrogen and oxygen atoms in total. The maximum Gasteiger partial charge on any atom is 0.244 e. The molecule has 0 aliphatic rings. The van der Waals surface area contributed by atoms with Crippen LogP contribution in [0.1, 0.15) is 12.0 Å². The molecule has 1 aromatic heterocycles. The fraction of sp³-hybridized carbons (Fsp3) is 0.278. The van der Waals surface area contributed by atoms with Crippen LogP contribution in [0.3, 0.4) is 0 Å². The summed E-state index contributed by atoms with van der Waals surface area (Å²) in [6, 6.07) is 7.18. The number of nitrogens with zero attached hydrogens (tertiary/aromatic N) is 2. The van der Waals surface area contributed by atoms with E-state index in [9.17, 15) is 4.79 Å². The molecular formula is C18H22N4O3. The van der Waals surface area contributed by atoms with Crippen LogP contribution in [0.5, 0.6) is 11.5 Å². The summed E-state index contributed by atoms with van der Waals surface area (Å²) in [5.41, 5.74) is 0.778.